The Bertz CT molecular complexity index is 346. The lowest BCUT2D eigenvalue weighted by atomic mass is 9.96. The van der Waals surface area contributed by atoms with Crippen LogP contribution in [0.5, 0.6) is 0 Å². The molecule has 1 rings (SSSR count). The summed E-state index contributed by atoms with van der Waals surface area (Å²) in [7, 11) is 0. The van der Waals surface area contributed by atoms with Gasteiger partial charge in [0.1, 0.15) is 5.02 Å². The first-order valence-corrected chi connectivity index (χ1v) is 5.05. The normalized spacial score (nSPS) is 11.1. The van der Waals surface area contributed by atoms with E-state index in [1.54, 1.807) is 6.92 Å². The van der Waals surface area contributed by atoms with Crippen molar-refractivity contribution >= 4 is 28.9 Å². The highest BCUT2D eigenvalue weighted by Gasteiger charge is 2.19. The molecule has 0 amide bonds. The molecule has 0 aromatic heterocycles. The lowest BCUT2D eigenvalue weighted by Crippen LogP contribution is -2.03. The monoisotopic (exact) mass is 235 g/mol. The molecule has 0 bridgehead atoms. The van der Waals surface area contributed by atoms with E-state index >= 15 is 0 Å². The van der Waals surface area contributed by atoms with Crippen molar-refractivity contribution in [2.45, 2.75) is 26.7 Å². The highest BCUT2D eigenvalue weighted by atomic mass is 35.5. The van der Waals surface area contributed by atoms with E-state index < -0.39 is 5.82 Å². The molecule has 0 heterocycles. The third kappa shape index (κ3) is 1.69. The molecule has 1 aromatic carbocycles. The molecule has 1 nitrogen and oxygen atoms in total. The van der Waals surface area contributed by atoms with Crippen molar-refractivity contribution in [3.63, 3.8) is 0 Å². The molecule has 0 unspecified atom stereocenters. The van der Waals surface area contributed by atoms with E-state index in [9.17, 15) is 4.39 Å². The van der Waals surface area contributed by atoms with Crippen molar-refractivity contribution in [2.24, 2.45) is 0 Å². The molecule has 2 N–H and O–H groups in total. The van der Waals surface area contributed by atoms with Crippen LogP contribution >= 0.6 is 23.2 Å². The highest BCUT2D eigenvalue weighted by molar-refractivity contribution is 6.37. The summed E-state index contributed by atoms with van der Waals surface area (Å²) in [6, 6.07) is 0. The van der Waals surface area contributed by atoms with Gasteiger partial charge in [-0.15, -0.1) is 0 Å². The van der Waals surface area contributed by atoms with Gasteiger partial charge in [0.05, 0.1) is 10.7 Å². The van der Waals surface area contributed by atoms with Crippen molar-refractivity contribution in [3.8, 4) is 0 Å². The van der Waals surface area contributed by atoms with Crippen LogP contribution in [0, 0.1) is 12.7 Å². The predicted molar refractivity (Wildman–Crippen MR) is 59.7 cm³/mol. The van der Waals surface area contributed by atoms with E-state index in [0.29, 0.717) is 11.3 Å². The van der Waals surface area contributed by atoms with E-state index in [0.717, 1.165) is 5.56 Å². The van der Waals surface area contributed by atoms with Crippen molar-refractivity contribution in [1.29, 1.82) is 0 Å². The Morgan fingerprint density at radius 2 is 1.71 bits per heavy atom. The molecule has 0 radical (unpaired) electrons. The largest absolute Gasteiger partial charge is 0.397 e. The summed E-state index contributed by atoms with van der Waals surface area (Å²) in [4.78, 5) is 0. The first-order chi connectivity index (χ1) is 6.37. The maximum Gasteiger partial charge on any atom is 0.162 e. The Labute approximate surface area is 93.0 Å². The molecule has 0 aliphatic carbocycles. The number of nitrogens with two attached hydrogens (primary N) is 1. The molecular formula is C10H12Cl2FN. The molecule has 0 spiro atoms. The minimum Gasteiger partial charge on any atom is -0.397 e. The highest BCUT2D eigenvalue weighted by Crippen LogP contribution is 2.38. The Hall–Kier alpha value is -0.470. The van der Waals surface area contributed by atoms with Crippen LogP contribution in [0.2, 0.25) is 10.0 Å². The maximum absolute atomic E-state index is 13.4. The number of halogens is 3. The zero-order chi connectivity index (χ0) is 11.0. The fourth-order valence-electron chi connectivity index (χ4n) is 1.56. The minimum atomic E-state index is -0.632. The molecule has 0 aliphatic heterocycles. The molecule has 4 heteroatoms. The van der Waals surface area contributed by atoms with E-state index in [2.05, 4.69) is 0 Å². The fourth-order valence-corrected chi connectivity index (χ4v) is 2.00. The molecular weight excluding hydrogens is 224 g/mol. The topological polar surface area (TPSA) is 26.0 Å². The molecule has 0 atom stereocenters. The van der Waals surface area contributed by atoms with Crippen molar-refractivity contribution < 1.29 is 4.39 Å². The first-order valence-electron chi connectivity index (χ1n) is 4.30. The minimum absolute atomic E-state index is 0.0629. The van der Waals surface area contributed by atoms with Crippen molar-refractivity contribution in [2.75, 3.05) is 5.73 Å². The quantitative estimate of drug-likeness (QED) is 0.575. The van der Waals surface area contributed by atoms with E-state index in [4.69, 9.17) is 28.9 Å². The second kappa shape index (κ2) is 3.95. The summed E-state index contributed by atoms with van der Waals surface area (Å²) < 4.78 is 13.4. The molecule has 0 saturated heterocycles. The summed E-state index contributed by atoms with van der Waals surface area (Å²) in [5.41, 5.74) is 7.50. The van der Waals surface area contributed by atoms with Gasteiger partial charge in [-0.25, -0.2) is 4.39 Å². The van der Waals surface area contributed by atoms with E-state index in [1.807, 2.05) is 13.8 Å². The van der Waals surface area contributed by atoms with Crippen LogP contribution in [0.25, 0.3) is 0 Å². The van der Waals surface area contributed by atoms with Gasteiger partial charge < -0.3 is 5.73 Å². The third-order valence-electron chi connectivity index (χ3n) is 2.22. The number of nitrogen functional groups attached to an aromatic ring is 1. The lowest BCUT2D eigenvalue weighted by molar-refractivity contribution is 0.626. The molecule has 0 saturated carbocycles. The first kappa shape index (κ1) is 11.6. The molecule has 14 heavy (non-hydrogen) atoms. The SMILES string of the molecule is Cc1c(Cl)c(F)c(Cl)c(N)c1C(C)C. The predicted octanol–water partition coefficient (Wildman–Crippen LogP) is 4.15. The summed E-state index contributed by atoms with van der Waals surface area (Å²) in [5, 5.41) is -0.0165. The van der Waals surface area contributed by atoms with E-state index in [-0.39, 0.29) is 16.0 Å². The van der Waals surface area contributed by atoms with Crippen LogP contribution in [0.15, 0.2) is 0 Å². The Morgan fingerprint density at radius 1 is 1.21 bits per heavy atom. The standard InChI is InChI=1S/C10H12Cl2FN/c1-4(2)6-5(3)7(11)9(13)8(12)10(6)14/h4H,14H2,1-3H3. The third-order valence-corrected chi connectivity index (χ3v) is 3.04. The fraction of sp³-hybridized carbons (Fsp3) is 0.400. The van der Waals surface area contributed by atoms with Gasteiger partial charge in [0, 0.05) is 0 Å². The number of hydrogen-bond donors (Lipinski definition) is 1. The van der Waals surface area contributed by atoms with Gasteiger partial charge in [0.15, 0.2) is 5.82 Å². The lowest BCUT2D eigenvalue weighted by Gasteiger charge is -2.16. The van der Waals surface area contributed by atoms with Crippen LogP contribution in [0.4, 0.5) is 10.1 Å². The van der Waals surface area contributed by atoms with Crippen LogP contribution in [-0.4, -0.2) is 0 Å². The van der Waals surface area contributed by atoms with Gasteiger partial charge in [-0.05, 0) is 24.0 Å². The average molecular weight is 236 g/mol. The summed E-state index contributed by atoms with van der Waals surface area (Å²) in [5.74, 6) is -0.460. The number of anilines is 1. The van der Waals surface area contributed by atoms with Crippen molar-refractivity contribution in [3.05, 3.63) is 27.0 Å². The zero-order valence-corrected chi connectivity index (χ0v) is 9.80. The smallest absolute Gasteiger partial charge is 0.162 e. The second-order valence-corrected chi connectivity index (χ2v) is 4.30. The van der Waals surface area contributed by atoms with Gasteiger partial charge in [-0.1, -0.05) is 37.0 Å². The molecule has 0 aliphatic rings. The van der Waals surface area contributed by atoms with Gasteiger partial charge in [-0.3, -0.25) is 0 Å². The van der Waals surface area contributed by atoms with E-state index in [1.165, 1.54) is 0 Å². The van der Waals surface area contributed by atoms with Crippen LogP contribution in [-0.2, 0) is 0 Å². The Kier molecular flexibility index (Phi) is 3.28. The Balaban J connectivity index is 3.60. The van der Waals surface area contributed by atoms with Gasteiger partial charge >= 0.3 is 0 Å². The van der Waals surface area contributed by atoms with Gasteiger partial charge in [0.25, 0.3) is 0 Å². The molecule has 78 valence electrons. The maximum atomic E-state index is 13.4. The molecule has 1 aromatic rings. The number of rotatable bonds is 1. The van der Waals surface area contributed by atoms with Crippen molar-refractivity contribution in [1.82, 2.24) is 0 Å². The summed E-state index contributed by atoms with van der Waals surface area (Å²) in [6.45, 7) is 5.67. The summed E-state index contributed by atoms with van der Waals surface area (Å²) >= 11 is 11.5. The van der Waals surface area contributed by atoms with Gasteiger partial charge in [-0.2, -0.15) is 0 Å². The van der Waals surface area contributed by atoms with Gasteiger partial charge in [0.2, 0.25) is 0 Å². The zero-order valence-electron chi connectivity index (χ0n) is 8.29. The summed E-state index contributed by atoms with van der Waals surface area (Å²) in [6.07, 6.45) is 0. The van der Waals surface area contributed by atoms with Crippen LogP contribution in [0.3, 0.4) is 0 Å². The Morgan fingerprint density at radius 3 is 2.14 bits per heavy atom. The molecule has 0 fully saturated rings. The number of benzene rings is 1. The second-order valence-electron chi connectivity index (χ2n) is 3.55. The van der Waals surface area contributed by atoms with Crippen LogP contribution < -0.4 is 5.73 Å². The number of hydrogen-bond acceptors (Lipinski definition) is 1. The average Bonchev–Trinajstić information content (AvgIpc) is 2.11. The van der Waals surface area contributed by atoms with Crippen LogP contribution in [0.1, 0.15) is 30.9 Å².